The van der Waals surface area contributed by atoms with Crippen LogP contribution in [-0.4, -0.2) is 41.8 Å². The zero-order valence-corrected chi connectivity index (χ0v) is 12.3. The Morgan fingerprint density at radius 1 is 1.50 bits per heavy atom. The molecule has 1 saturated heterocycles. The number of urea groups is 1. The van der Waals surface area contributed by atoms with E-state index in [1.165, 1.54) is 13.0 Å². The molecule has 7 heteroatoms. The quantitative estimate of drug-likeness (QED) is 0.492. The smallest absolute Gasteiger partial charge is 0.329 e. The molecule has 1 fully saturated rings. The first-order chi connectivity index (χ1) is 10.5. The lowest BCUT2D eigenvalue weighted by Gasteiger charge is -2.35. The number of carbonyl (C=O) groups excluding carboxylic acids is 2. The van der Waals surface area contributed by atoms with Gasteiger partial charge in [-0.3, -0.25) is 20.4 Å². The molecule has 1 aromatic heterocycles. The van der Waals surface area contributed by atoms with E-state index in [9.17, 15) is 9.59 Å². The fraction of sp³-hybridized carbons (Fsp3) is 0.333. The molecule has 1 aromatic rings. The van der Waals surface area contributed by atoms with E-state index in [0.717, 1.165) is 25.2 Å². The van der Waals surface area contributed by atoms with Gasteiger partial charge in [-0.25, -0.2) is 9.78 Å². The van der Waals surface area contributed by atoms with E-state index < -0.39 is 6.03 Å². The molecule has 3 heterocycles. The van der Waals surface area contributed by atoms with Gasteiger partial charge in [-0.05, 0) is 24.6 Å². The van der Waals surface area contributed by atoms with Gasteiger partial charge < -0.3 is 4.90 Å². The van der Waals surface area contributed by atoms with Crippen molar-refractivity contribution in [2.24, 2.45) is 0 Å². The van der Waals surface area contributed by atoms with Crippen molar-refractivity contribution in [2.45, 2.75) is 19.4 Å². The minimum atomic E-state index is -0.411. The van der Waals surface area contributed by atoms with E-state index in [-0.39, 0.29) is 17.7 Å². The number of amides is 2. The summed E-state index contributed by atoms with van der Waals surface area (Å²) in [5, 5.41) is 10.0. The second-order valence-electron chi connectivity index (χ2n) is 5.40. The van der Waals surface area contributed by atoms with Crippen LogP contribution in [0.25, 0.3) is 0 Å². The molecule has 0 radical (unpaired) electrons. The molecule has 2 aliphatic rings. The van der Waals surface area contributed by atoms with Crippen LogP contribution < -0.4 is 15.1 Å². The van der Waals surface area contributed by atoms with Crippen LogP contribution in [0.1, 0.15) is 23.8 Å². The summed E-state index contributed by atoms with van der Waals surface area (Å²) in [7, 11) is 0. The second kappa shape index (κ2) is 5.25. The summed E-state index contributed by atoms with van der Waals surface area (Å²) < 4.78 is 0. The van der Waals surface area contributed by atoms with Crippen molar-refractivity contribution in [3.63, 3.8) is 0 Å². The summed E-state index contributed by atoms with van der Waals surface area (Å²) in [5.74, 6) is 0.278. The van der Waals surface area contributed by atoms with Crippen LogP contribution in [0.5, 0.6) is 0 Å². The third-order valence-electron chi connectivity index (χ3n) is 3.98. The minimum absolute atomic E-state index is 0.000163. The first kappa shape index (κ1) is 14.2. The monoisotopic (exact) mass is 299 g/mol. The van der Waals surface area contributed by atoms with Gasteiger partial charge in [-0.15, -0.1) is 0 Å². The Morgan fingerprint density at radius 2 is 2.27 bits per heavy atom. The Balaban J connectivity index is 2.02. The summed E-state index contributed by atoms with van der Waals surface area (Å²) >= 11 is 0. The maximum Gasteiger partial charge on any atom is 0.329 e. The predicted octanol–water partition coefficient (Wildman–Crippen LogP) is 1.56. The molecular weight excluding hydrogens is 282 g/mol. The van der Waals surface area contributed by atoms with Gasteiger partial charge in [0.2, 0.25) is 0 Å². The Labute approximate surface area is 128 Å². The summed E-state index contributed by atoms with van der Waals surface area (Å²) in [6.07, 6.45) is 2.10. The number of nitrogens with zero attached hydrogens (tertiary/aromatic N) is 3. The van der Waals surface area contributed by atoms with Crippen molar-refractivity contribution in [1.82, 2.24) is 10.3 Å². The molecule has 2 N–H and O–H groups in total. The van der Waals surface area contributed by atoms with Gasteiger partial charge in [0, 0.05) is 20.0 Å². The second-order valence-corrected chi connectivity index (χ2v) is 5.40. The normalized spacial score (nSPS) is 18.7. The Morgan fingerprint density at radius 3 is 2.95 bits per heavy atom. The zero-order chi connectivity index (χ0) is 15.9. The lowest BCUT2D eigenvalue weighted by Crippen LogP contribution is -2.51. The molecule has 2 bridgehead atoms. The molecule has 1 atom stereocenters. The summed E-state index contributed by atoms with van der Waals surface area (Å²) in [6.45, 7) is 6.50. The number of carbonyl (C=O) groups is 2. The van der Waals surface area contributed by atoms with Gasteiger partial charge in [-0.2, -0.15) is 0 Å². The third-order valence-corrected chi connectivity index (χ3v) is 3.98. The van der Waals surface area contributed by atoms with Crippen LogP contribution in [0.3, 0.4) is 0 Å². The average Bonchev–Trinajstić information content (AvgIpc) is 2.91. The SMILES string of the molecule is C=CC(=N)NC(=O)N1c2nc(C(C)=O)ccc2N2CC[C@H]1C2. The number of amidine groups is 1. The number of aromatic nitrogens is 1. The first-order valence-electron chi connectivity index (χ1n) is 7.09. The van der Waals surface area contributed by atoms with E-state index in [4.69, 9.17) is 5.41 Å². The highest BCUT2D eigenvalue weighted by Gasteiger charge is 2.40. The number of rotatable bonds is 2. The number of ketones is 1. The highest BCUT2D eigenvalue weighted by molar-refractivity contribution is 6.09. The van der Waals surface area contributed by atoms with Gasteiger partial charge in [0.1, 0.15) is 11.5 Å². The third kappa shape index (κ3) is 2.24. The minimum Gasteiger partial charge on any atom is -0.366 e. The van der Waals surface area contributed by atoms with Gasteiger partial charge in [0.05, 0.1) is 11.7 Å². The topological polar surface area (TPSA) is 89.4 Å². The Bertz CT molecular complexity index is 685. The fourth-order valence-electron chi connectivity index (χ4n) is 2.89. The molecule has 7 nitrogen and oxygen atoms in total. The van der Waals surface area contributed by atoms with Crippen molar-refractivity contribution in [3.05, 3.63) is 30.5 Å². The number of fused-ring (bicyclic) bond motifs is 4. The number of nitrogens with one attached hydrogen (secondary N) is 2. The summed E-state index contributed by atoms with van der Waals surface area (Å²) in [6, 6.07) is 3.10. The van der Waals surface area contributed by atoms with Crippen LogP contribution in [0.2, 0.25) is 0 Å². The fourth-order valence-corrected chi connectivity index (χ4v) is 2.89. The summed E-state index contributed by atoms with van der Waals surface area (Å²) in [5.41, 5.74) is 1.18. The molecule has 2 amide bonds. The number of pyridine rings is 1. The van der Waals surface area contributed by atoms with Crippen molar-refractivity contribution in [1.29, 1.82) is 5.41 Å². The van der Waals surface area contributed by atoms with E-state index >= 15 is 0 Å². The molecule has 22 heavy (non-hydrogen) atoms. The van der Waals surface area contributed by atoms with Gasteiger partial charge in [-0.1, -0.05) is 6.58 Å². The molecule has 0 saturated carbocycles. The summed E-state index contributed by atoms with van der Waals surface area (Å²) in [4.78, 5) is 32.1. The van der Waals surface area contributed by atoms with Crippen molar-refractivity contribution < 1.29 is 9.59 Å². The Kier molecular flexibility index (Phi) is 3.40. The van der Waals surface area contributed by atoms with E-state index in [0.29, 0.717) is 11.5 Å². The van der Waals surface area contributed by atoms with Crippen molar-refractivity contribution in [3.8, 4) is 0 Å². The predicted molar refractivity (Wildman–Crippen MR) is 83.8 cm³/mol. The maximum absolute atomic E-state index is 12.5. The van der Waals surface area contributed by atoms with Crippen LogP contribution in [0.4, 0.5) is 16.3 Å². The van der Waals surface area contributed by atoms with E-state index in [1.54, 1.807) is 11.0 Å². The molecule has 0 aliphatic carbocycles. The van der Waals surface area contributed by atoms with Gasteiger partial charge in [0.25, 0.3) is 0 Å². The molecule has 0 spiro atoms. The first-order valence-corrected chi connectivity index (χ1v) is 7.09. The number of hydrogen-bond acceptors (Lipinski definition) is 5. The number of hydrogen-bond donors (Lipinski definition) is 2. The van der Waals surface area contributed by atoms with Gasteiger partial charge in [0.15, 0.2) is 11.6 Å². The van der Waals surface area contributed by atoms with Crippen LogP contribution >= 0.6 is 0 Å². The van der Waals surface area contributed by atoms with Crippen LogP contribution in [0, 0.1) is 5.41 Å². The molecule has 0 aromatic carbocycles. The van der Waals surface area contributed by atoms with Gasteiger partial charge >= 0.3 is 6.03 Å². The average molecular weight is 299 g/mol. The van der Waals surface area contributed by atoms with E-state index in [1.807, 2.05) is 6.07 Å². The number of Topliss-reactive ketones (excluding diaryl/α,β-unsaturated/α-hetero) is 1. The van der Waals surface area contributed by atoms with Crippen LogP contribution in [-0.2, 0) is 0 Å². The maximum atomic E-state index is 12.5. The highest BCUT2D eigenvalue weighted by atomic mass is 16.2. The van der Waals surface area contributed by atoms with E-state index in [2.05, 4.69) is 21.8 Å². The van der Waals surface area contributed by atoms with Crippen LogP contribution in [0.15, 0.2) is 24.8 Å². The lowest BCUT2D eigenvalue weighted by molar-refractivity contribution is 0.101. The molecule has 2 aliphatic heterocycles. The van der Waals surface area contributed by atoms with Crippen molar-refractivity contribution >= 4 is 29.2 Å². The molecule has 3 rings (SSSR count). The standard InChI is InChI=1S/C15H17N5O2/c1-3-13(16)18-15(22)20-10-6-7-19(8-10)12-5-4-11(9(2)21)17-14(12)20/h3-5,10H,1,6-8H2,2H3,(H2,16,18,22)/t10-/m0/s1. The van der Waals surface area contributed by atoms with Crippen molar-refractivity contribution in [2.75, 3.05) is 22.9 Å². The molecule has 114 valence electrons. The number of anilines is 2. The zero-order valence-electron chi connectivity index (χ0n) is 12.3. The largest absolute Gasteiger partial charge is 0.366 e. The molecule has 0 unspecified atom stereocenters. The Hall–Kier alpha value is -2.70. The highest BCUT2D eigenvalue weighted by Crippen LogP contribution is 2.38. The molecular formula is C15H17N5O2. The lowest BCUT2D eigenvalue weighted by atomic mass is 10.1.